The highest BCUT2D eigenvalue weighted by Gasteiger charge is 2.52. The molecule has 2 fully saturated rings. The summed E-state index contributed by atoms with van der Waals surface area (Å²) in [6, 6.07) is 3.16. The highest BCUT2D eigenvalue weighted by molar-refractivity contribution is 5.87. The summed E-state index contributed by atoms with van der Waals surface area (Å²) in [5, 5.41) is 2.84. The van der Waals surface area contributed by atoms with Crippen LogP contribution in [0.1, 0.15) is 44.1 Å². The van der Waals surface area contributed by atoms with E-state index in [1.54, 1.807) is 11.9 Å². The lowest BCUT2D eigenvalue weighted by molar-refractivity contribution is -0.153. The molecule has 3 rings (SSSR count). The summed E-state index contributed by atoms with van der Waals surface area (Å²) >= 11 is 0. The molecule has 0 aromatic heterocycles. The molecule has 0 radical (unpaired) electrons. The zero-order valence-corrected chi connectivity index (χ0v) is 13.8. The third-order valence-corrected chi connectivity index (χ3v) is 5.46. The number of benzene rings is 1. The van der Waals surface area contributed by atoms with Crippen LogP contribution in [0.3, 0.4) is 0 Å². The zero-order chi connectivity index (χ0) is 17.3. The molecule has 1 saturated heterocycles. The van der Waals surface area contributed by atoms with Crippen LogP contribution in [-0.2, 0) is 16.1 Å². The van der Waals surface area contributed by atoms with Crippen molar-refractivity contribution in [3.8, 4) is 0 Å². The first-order valence-corrected chi connectivity index (χ1v) is 8.41. The lowest BCUT2D eigenvalue weighted by atomic mass is 9.64. The van der Waals surface area contributed by atoms with Crippen LogP contribution in [0.25, 0.3) is 0 Å². The van der Waals surface area contributed by atoms with Crippen molar-refractivity contribution in [3.63, 3.8) is 0 Å². The number of fused-ring (bicyclic) bond motifs is 1. The lowest BCUT2D eigenvalue weighted by Crippen LogP contribution is -2.60. The topological polar surface area (TPSA) is 49.4 Å². The molecule has 0 bridgehead atoms. The van der Waals surface area contributed by atoms with Crippen LogP contribution in [0.4, 0.5) is 8.78 Å². The van der Waals surface area contributed by atoms with Crippen molar-refractivity contribution in [2.24, 2.45) is 5.41 Å². The van der Waals surface area contributed by atoms with E-state index in [1.165, 1.54) is 12.1 Å². The van der Waals surface area contributed by atoms with Gasteiger partial charge in [0.25, 0.3) is 0 Å². The maximum absolute atomic E-state index is 13.3. The van der Waals surface area contributed by atoms with Gasteiger partial charge in [0, 0.05) is 32.1 Å². The Labute approximate surface area is 140 Å². The van der Waals surface area contributed by atoms with Gasteiger partial charge in [-0.15, -0.1) is 0 Å². The quantitative estimate of drug-likeness (QED) is 0.923. The molecule has 1 aliphatic carbocycles. The van der Waals surface area contributed by atoms with Crippen molar-refractivity contribution in [3.05, 3.63) is 35.4 Å². The summed E-state index contributed by atoms with van der Waals surface area (Å²) in [7, 11) is 1.77. The molecule has 1 aliphatic heterocycles. The molecule has 6 heteroatoms. The van der Waals surface area contributed by atoms with E-state index in [1.807, 2.05) is 0 Å². The number of halogens is 2. The van der Waals surface area contributed by atoms with Crippen molar-refractivity contribution in [1.29, 1.82) is 0 Å². The van der Waals surface area contributed by atoms with Gasteiger partial charge in [-0.3, -0.25) is 9.59 Å². The average molecular weight is 336 g/mol. The van der Waals surface area contributed by atoms with Crippen LogP contribution in [0.15, 0.2) is 18.2 Å². The number of carbonyl (C=O) groups excluding carboxylic acids is 2. The van der Waals surface area contributed by atoms with Crippen molar-refractivity contribution >= 4 is 11.8 Å². The summed E-state index contributed by atoms with van der Waals surface area (Å²) in [4.78, 5) is 26.6. The molecule has 2 amide bonds. The first-order valence-electron chi connectivity index (χ1n) is 8.41. The minimum atomic E-state index is -0.657. The Morgan fingerprint density at radius 3 is 2.67 bits per heavy atom. The second kappa shape index (κ2) is 6.49. The summed E-state index contributed by atoms with van der Waals surface area (Å²) in [6.07, 6.45) is 4.45. The number of carbonyl (C=O) groups is 2. The molecule has 1 aromatic carbocycles. The molecule has 24 heavy (non-hydrogen) atoms. The van der Waals surface area contributed by atoms with E-state index in [9.17, 15) is 18.4 Å². The fraction of sp³-hybridized carbons (Fsp3) is 0.556. The molecule has 1 aromatic rings. The van der Waals surface area contributed by atoms with Gasteiger partial charge in [-0.25, -0.2) is 8.78 Å². The number of amides is 2. The Kier molecular flexibility index (Phi) is 4.56. The number of piperidine rings is 1. The number of rotatable bonds is 3. The third-order valence-electron chi connectivity index (χ3n) is 5.46. The predicted molar refractivity (Wildman–Crippen MR) is 84.9 cm³/mol. The minimum absolute atomic E-state index is 0.0810. The standard InChI is InChI=1S/C18H22F2N2O2/c1-22-15-4-2-3-6-18(15,7-5-16(22)23)17(24)21-11-12-8-13(19)10-14(20)9-12/h8-10,15H,2-7,11H2,1H3,(H,21,24)/t15-,18-/m1/s1. The number of nitrogens with zero attached hydrogens (tertiary/aromatic N) is 1. The van der Waals surface area contributed by atoms with Gasteiger partial charge in [0.15, 0.2) is 0 Å². The maximum atomic E-state index is 13.3. The van der Waals surface area contributed by atoms with Gasteiger partial charge in [0.05, 0.1) is 5.41 Å². The van der Waals surface area contributed by atoms with Gasteiger partial charge in [-0.2, -0.15) is 0 Å². The summed E-state index contributed by atoms with van der Waals surface area (Å²) in [5.41, 5.74) is -0.183. The van der Waals surface area contributed by atoms with Crippen molar-refractivity contribution in [1.82, 2.24) is 10.2 Å². The summed E-state index contributed by atoms with van der Waals surface area (Å²) < 4.78 is 26.5. The largest absolute Gasteiger partial charge is 0.351 e. The van der Waals surface area contributed by atoms with E-state index in [-0.39, 0.29) is 24.4 Å². The Balaban J connectivity index is 1.75. The molecule has 4 nitrogen and oxygen atoms in total. The van der Waals surface area contributed by atoms with E-state index in [2.05, 4.69) is 5.32 Å². The van der Waals surface area contributed by atoms with E-state index in [4.69, 9.17) is 0 Å². The van der Waals surface area contributed by atoms with E-state index < -0.39 is 17.0 Å². The van der Waals surface area contributed by atoms with Gasteiger partial charge in [0.1, 0.15) is 11.6 Å². The van der Waals surface area contributed by atoms with Crippen LogP contribution in [0.5, 0.6) is 0 Å². The first kappa shape index (κ1) is 16.9. The molecular formula is C18H22F2N2O2. The first-order chi connectivity index (χ1) is 11.4. The minimum Gasteiger partial charge on any atom is -0.351 e. The van der Waals surface area contributed by atoms with Crippen molar-refractivity contribution in [2.45, 2.75) is 51.1 Å². The average Bonchev–Trinajstić information content (AvgIpc) is 2.55. The SMILES string of the molecule is CN1C(=O)CC[C@]2(C(=O)NCc3cc(F)cc(F)c3)CCCC[C@@H]12. The molecule has 1 N–H and O–H groups in total. The maximum Gasteiger partial charge on any atom is 0.228 e. The molecule has 0 spiro atoms. The molecular weight excluding hydrogens is 314 g/mol. The third kappa shape index (κ3) is 3.01. The van der Waals surface area contributed by atoms with E-state index >= 15 is 0 Å². The number of likely N-dealkylation sites (tertiary alicyclic amines) is 1. The second-order valence-corrected chi connectivity index (χ2v) is 6.88. The van der Waals surface area contributed by atoms with Crippen LogP contribution in [-0.4, -0.2) is 29.8 Å². The molecule has 0 unspecified atom stereocenters. The molecule has 2 atom stereocenters. The zero-order valence-electron chi connectivity index (χ0n) is 13.8. The lowest BCUT2D eigenvalue weighted by Gasteiger charge is -2.50. The summed E-state index contributed by atoms with van der Waals surface area (Å²) in [5.74, 6) is -1.35. The van der Waals surface area contributed by atoms with Gasteiger partial charge < -0.3 is 10.2 Å². The molecule has 1 saturated carbocycles. The number of hydrogen-bond donors (Lipinski definition) is 1. The Hall–Kier alpha value is -1.98. The number of nitrogens with one attached hydrogen (secondary N) is 1. The Morgan fingerprint density at radius 2 is 1.96 bits per heavy atom. The van der Waals surface area contributed by atoms with Crippen LogP contribution >= 0.6 is 0 Å². The molecule has 130 valence electrons. The highest BCUT2D eigenvalue weighted by Crippen LogP contribution is 2.46. The van der Waals surface area contributed by atoms with Crippen molar-refractivity contribution in [2.75, 3.05) is 7.05 Å². The predicted octanol–water partition coefficient (Wildman–Crippen LogP) is 2.76. The Bertz CT molecular complexity index is 644. The van der Waals surface area contributed by atoms with Crippen molar-refractivity contribution < 1.29 is 18.4 Å². The van der Waals surface area contributed by atoms with E-state index in [0.29, 0.717) is 18.4 Å². The fourth-order valence-corrected chi connectivity index (χ4v) is 4.21. The van der Waals surface area contributed by atoms with Crippen LogP contribution < -0.4 is 5.32 Å². The molecule has 2 aliphatic rings. The van der Waals surface area contributed by atoms with Gasteiger partial charge >= 0.3 is 0 Å². The smallest absolute Gasteiger partial charge is 0.228 e. The van der Waals surface area contributed by atoms with E-state index in [0.717, 1.165) is 31.7 Å². The normalized spacial score (nSPS) is 26.9. The van der Waals surface area contributed by atoms with Crippen LogP contribution in [0, 0.1) is 17.0 Å². The monoisotopic (exact) mass is 336 g/mol. The Morgan fingerprint density at radius 1 is 1.25 bits per heavy atom. The van der Waals surface area contributed by atoms with Gasteiger partial charge in [-0.1, -0.05) is 12.8 Å². The molecule has 1 heterocycles. The fourth-order valence-electron chi connectivity index (χ4n) is 4.21. The number of hydrogen-bond acceptors (Lipinski definition) is 2. The highest BCUT2D eigenvalue weighted by atomic mass is 19.1. The second-order valence-electron chi connectivity index (χ2n) is 6.88. The van der Waals surface area contributed by atoms with Gasteiger partial charge in [-0.05, 0) is 37.0 Å². The van der Waals surface area contributed by atoms with Crippen LogP contribution in [0.2, 0.25) is 0 Å². The summed E-state index contributed by atoms with van der Waals surface area (Å²) in [6.45, 7) is 0.0830. The van der Waals surface area contributed by atoms with Gasteiger partial charge in [0.2, 0.25) is 11.8 Å².